The minimum absolute atomic E-state index is 0.00513. The van der Waals surface area contributed by atoms with E-state index in [9.17, 15) is 9.59 Å². The van der Waals surface area contributed by atoms with Crippen LogP contribution in [0.5, 0.6) is 0 Å². The number of carbonyl (C=O) groups excluding carboxylic acids is 2. The highest BCUT2D eigenvalue weighted by molar-refractivity contribution is 7.80. The Kier molecular flexibility index (Phi) is 5.02. The van der Waals surface area contributed by atoms with Crippen LogP contribution in [0, 0.1) is 0 Å². The zero-order valence-corrected chi connectivity index (χ0v) is 9.79. The Morgan fingerprint density at radius 2 is 2.00 bits per heavy atom. The molecule has 0 aliphatic rings. The molecule has 0 fully saturated rings. The molecule has 0 atom stereocenters. The average molecular weight is 252 g/mol. The number of nitrogens with two attached hydrogens (primary N) is 1. The number of hydrogen-bond acceptors (Lipinski definition) is 4. The van der Waals surface area contributed by atoms with Crippen LogP contribution in [0.1, 0.15) is 5.69 Å². The van der Waals surface area contributed by atoms with Gasteiger partial charge in [0.25, 0.3) is 0 Å². The maximum atomic E-state index is 11.3. The molecule has 0 spiro atoms. The van der Waals surface area contributed by atoms with Gasteiger partial charge in [-0.2, -0.15) is 0 Å². The zero-order valence-electron chi connectivity index (χ0n) is 8.97. The van der Waals surface area contributed by atoms with Crippen LogP contribution < -0.4 is 16.4 Å². The van der Waals surface area contributed by atoms with Crippen LogP contribution in [-0.2, 0) is 16.1 Å². The molecule has 0 unspecified atom stereocenters. The molecule has 1 heterocycles. The molecule has 6 nitrogen and oxygen atoms in total. The number of aromatic nitrogens is 1. The van der Waals surface area contributed by atoms with Crippen molar-refractivity contribution in [2.24, 2.45) is 5.73 Å². The summed E-state index contributed by atoms with van der Waals surface area (Å²) in [7, 11) is 0. The highest BCUT2D eigenvalue weighted by atomic mass is 32.1. The highest BCUT2D eigenvalue weighted by Crippen LogP contribution is 1.91. The van der Waals surface area contributed by atoms with Crippen molar-refractivity contribution in [3.05, 3.63) is 30.1 Å². The molecule has 2 amide bonds. The minimum atomic E-state index is -0.770. The maximum absolute atomic E-state index is 11.3. The van der Waals surface area contributed by atoms with Gasteiger partial charge in [0.1, 0.15) is 0 Å². The molecule has 17 heavy (non-hydrogen) atoms. The largest absolute Gasteiger partial charge is 0.392 e. The molecule has 1 aromatic rings. The Labute approximate surface area is 104 Å². The number of rotatable bonds is 4. The van der Waals surface area contributed by atoms with E-state index in [1.165, 1.54) is 0 Å². The van der Waals surface area contributed by atoms with Crippen molar-refractivity contribution < 1.29 is 9.59 Å². The molecule has 0 saturated heterocycles. The normalized spacial score (nSPS) is 9.41. The summed E-state index contributed by atoms with van der Waals surface area (Å²) in [5, 5.41) is 4.71. The number of nitrogens with zero attached hydrogens (tertiary/aromatic N) is 1. The molecule has 7 heteroatoms. The summed E-state index contributed by atoms with van der Waals surface area (Å²) in [4.78, 5) is 26.6. The first kappa shape index (κ1) is 13.0. The maximum Gasteiger partial charge on any atom is 0.309 e. The van der Waals surface area contributed by atoms with E-state index in [4.69, 9.17) is 5.73 Å². The predicted molar refractivity (Wildman–Crippen MR) is 65.9 cm³/mol. The predicted octanol–water partition coefficient (Wildman–Crippen LogP) is -0.900. The first-order valence-corrected chi connectivity index (χ1v) is 5.24. The molecule has 0 radical (unpaired) electrons. The van der Waals surface area contributed by atoms with Crippen molar-refractivity contribution in [3.63, 3.8) is 0 Å². The van der Waals surface area contributed by atoms with Gasteiger partial charge in [-0.25, -0.2) is 0 Å². The van der Waals surface area contributed by atoms with Gasteiger partial charge < -0.3 is 16.4 Å². The first-order chi connectivity index (χ1) is 8.09. The molecular formula is C10H12N4O2S. The molecule has 90 valence electrons. The van der Waals surface area contributed by atoms with Crippen molar-refractivity contribution in [1.82, 2.24) is 15.6 Å². The lowest BCUT2D eigenvalue weighted by atomic mass is 10.3. The van der Waals surface area contributed by atoms with Gasteiger partial charge in [-0.15, -0.1) is 0 Å². The van der Waals surface area contributed by atoms with Crippen molar-refractivity contribution in [1.29, 1.82) is 0 Å². The third-order valence-electron chi connectivity index (χ3n) is 1.79. The summed E-state index contributed by atoms with van der Waals surface area (Å²) in [6.45, 7) is 0.200. The molecule has 0 aliphatic carbocycles. The van der Waals surface area contributed by atoms with Crippen molar-refractivity contribution in [3.8, 4) is 0 Å². The highest BCUT2D eigenvalue weighted by Gasteiger charge is 2.12. The van der Waals surface area contributed by atoms with Crippen LogP contribution in [0.2, 0.25) is 0 Å². The number of hydrogen-bond donors (Lipinski definition) is 3. The van der Waals surface area contributed by atoms with Gasteiger partial charge in [-0.3, -0.25) is 14.6 Å². The topological polar surface area (TPSA) is 97.1 Å². The monoisotopic (exact) mass is 252 g/mol. The number of nitrogens with one attached hydrogen (secondary N) is 2. The molecule has 0 bridgehead atoms. The lowest BCUT2D eigenvalue weighted by molar-refractivity contribution is -0.139. The molecule has 0 aliphatic heterocycles. The van der Waals surface area contributed by atoms with Crippen LogP contribution in [0.15, 0.2) is 24.4 Å². The van der Waals surface area contributed by atoms with E-state index in [0.29, 0.717) is 5.69 Å². The molecule has 1 aromatic heterocycles. The first-order valence-electron chi connectivity index (χ1n) is 4.84. The van der Waals surface area contributed by atoms with Crippen LogP contribution in [-0.4, -0.2) is 28.3 Å². The van der Waals surface area contributed by atoms with Crippen molar-refractivity contribution in [2.45, 2.75) is 6.54 Å². The van der Waals surface area contributed by atoms with Gasteiger partial charge in [0.2, 0.25) is 0 Å². The molecule has 0 saturated carbocycles. The van der Waals surface area contributed by atoms with Gasteiger partial charge in [-0.1, -0.05) is 18.3 Å². The van der Waals surface area contributed by atoms with Gasteiger partial charge in [0.15, 0.2) is 0 Å². The van der Waals surface area contributed by atoms with E-state index in [1.54, 1.807) is 24.4 Å². The summed E-state index contributed by atoms with van der Waals surface area (Å²) >= 11 is 4.56. The summed E-state index contributed by atoms with van der Waals surface area (Å²) in [6, 6.07) is 5.30. The zero-order chi connectivity index (χ0) is 12.7. The number of thiocarbonyl (C=S) groups is 1. The smallest absolute Gasteiger partial charge is 0.309 e. The van der Waals surface area contributed by atoms with E-state index < -0.39 is 11.8 Å². The molecule has 1 rings (SSSR count). The number of amides is 2. The summed E-state index contributed by atoms with van der Waals surface area (Å²) in [5.41, 5.74) is 5.85. The van der Waals surface area contributed by atoms with Gasteiger partial charge in [-0.05, 0) is 12.1 Å². The third kappa shape index (κ3) is 5.03. The fraction of sp³-hybridized carbons (Fsp3) is 0.200. The van der Waals surface area contributed by atoms with Crippen LogP contribution >= 0.6 is 12.2 Å². The van der Waals surface area contributed by atoms with E-state index >= 15 is 0 Å². The number of pyridine rings is 1. The van der Waals surface area contributed by atoms with Crippen molar-refractivity contribution >= 4 is 29.0 Å². The lowest BCUT2D eigenvalue weighted by Crippen LogP contribution is -2.42. The Morgan fingerprint density at radius 1 is 1.29 bits per heavy atom. The molecular weight excluding hydrogens is 240 g/mol. The van der Waals surface area contributed by atoms with E-state index in [0.717, 1.165) is 0 Å². The third-order valence-corrected chi connectivity index (χ3v) is 1.93. The van der Waals surface area contributed by atoms with E-state index in [1.807, 2.05) is 0 Å². The second kappa shape index (κ2) is 6.54. The summed E-state index contributed by atoms with van der Waals surface area (Å²) < 4.78 is 0. The fourth-order valence-corrected chi connectivity index (χ4v) is 1.07. The quantitative estimate of drug-likeness (QED) is 0.476. The Balaban J connectivity index is 2.34. The van der Waals surface area contributed by atoms with Crippen molar-refractivity contribution in [2.75, 3.05) is 6.54 Å². The second-order valence-corrected chi connectivity index (χ2v) is 3.68. The summed E-state index contributed by atoms with van der Waals surface area (Å²) in [6.07, 6.45) is 1.61. The average Bonchev–Trinajstić information content (AvgIpc) is 2.34. The Morgan fingerprint density at radius 3 is 2.59 bits per heavy atom. The number of carbonyl (C=O) groups is 2. The second-order valence-electron chi connectivity index (χ2n) is 3.15. The van der Waals surface area contributed by atoms with Crippen LogP contribution in [0.3, 0.4) is 0 Å². The fourth-order valence-electron chi connectivity index (χ4n) is 1.00. The minimum Gasteiger partial charge on any atom is -0.392 e. The lowest BCUT2D eigenvalue weighted by Gasteiger charge is -2.05. The molecule has 0 aromatic carbocycles. The van der Waals surface area contributed by atoms with Gasteiger partial charge >= 0.3 is 11.8 Å². The summed E-state index contributed by atoms with van der Waals surface area (Å²) in [5.74, 6) is -1.51. The van der Waals surface area contributed by atoms with E-state index in [2.05, 4.69) is 27.8 Å². The standard InChI is InChI=1S/C10H12N4O2S/c11-8(17)6-14-10(16)9(15)13-5-7-3-1-2-4-12-7/h1-4H,5-6H2,(H2,11,17)(H,13,15)(H,14,16). The van der Waals surface area contributed by atoms with Gasteiger partial charge in [0.05, 0.1) is 23.8 Å². The van der Waals surface area contributed by atoms with Crippen LogP contribution in [0.4, 0.5) is 0 Å². The Bertz CT molecular complexity index is 422. The Hall–Kier alpha value is -2.02. The van der Waals surface area contributed by atoms with Gasteiger partial charge in [0, 0.05) is 6.20 Å². The van der Waals surface area contributed by atoms with Crippen LogP contribution in [0.25, 0.3) is 0 Å². The SMILES string of the molecule is NC(=S)CNC(=O)C(=O)NCc1ccccn1. The van der Waals surface area contributed by atoms with E-state index in [-0.39, 0.29) is 18.1 Å². The molecule has 4 N–H and O–H groups in total.